The molecular weight excluding hydrogens is 372 g/mol. The number of nitrogens with one attached hydrogen (secondary N) is 1. The highest BCUT2D eigenvalue weighted by Crippen LogP contribution is 2.23. The highest BCUT2D eigenvalue weighted by atomic mass is 35.5. The Balaban J connectivity index is 1.65. The van der Waals surface area contributed by atoms with Gasteiger partial charge in [0.15, 0.2) is 9.84 Å². The molecule has 0 amide bonds. The summed E-state index contributed by atoms with van der Waals surface area (Å²) in [7, 11) is -1.04. The predicted molar refractivity (Wildman–Crippen MR) is 106 cm³/mol. The van der Waals surface area contributed by atoms with Gasteiger partial charge in [0.2, 0.25) is 0 Å². The van der Waals surface area contributed by atoms with E-state index in [1.54, 1.807) is 0 Å². The number of halogens is 1. The van der Waals surface area contributed by atoms with Crippen LogP contribution in [0.1, 0.15) is 17.8 Å². The van der Waals surface area contributed by atoms with Crippen LogP contribution in [0, 0.1) is 6.92 Å². The molecule has 1 fully saturated rings. The van der Waals surface area contributed by atoms with E-state index in [0.717, 1.165) is 35.2 Å². The minimum absolute atomic E-state index is 0.0337. The molecule has 0 aliphatic carbocycles. The molecule has 140 valence electrons. The van der Waals surface area contributed by atoms with E-state index in [9.17, 15) is 8.42 Å². The molecule has 0 bridgehead atoms. The molecule has 2 heterocycles. The molecule has 1 aromatic heterocycles. The maximum absolute atomic E-state index is 11.7. The van der Waals surface area contributed by atoms with Crippen LogP contribution >= 0.6 is 11.6 Å². The summed E-state index contributed by atoms with van der Waals surface area (Å²) in [6, 6.07) is 9.63. The first kappa shape index (κ1) is 18.9. The molecule has 26 heavy (non-hydrogen) atoms. The second-order valence-corrected chi connectivity index (χ2v) is 9.30. The molecule has 1 aliphatic heterocycles. The van der Waals surface area contributed by atoms with E-state index >= 15 is 0 Å². The fourth-order valence-corrected chi connectivity index (χ4v) is 5.11. The molecule has 1 aromatic carbocycles. The van der Waals surface area contributed by atoms with Crippen molar-refractivity contribution in [2.45, 2.75) is 25.8 Å². The molecule has 2 aromatic rings. The molecule has 1 N–H and O–H groups in total. The monoisotopic (exact) mass is 394 g/mol. The van der Waals surface area contributed by atoms with E-state index in [0.29, 0.717) is 12.2 Å². The summed E-state index contributed by atoms with van der Waals surface area (Å²) < 4.78 is 23.5. The summed E-state index contributed by atoms with van der Waals surface area (Å²) in [6.07, 6.45) is 1.47. The van der Waals surface area contributed by atoms with Gasteiger partial charge < -0.3 is 10.2 Å². The van der Waals surface area contributed by atoms with Crippen molar-refractivity contribution in [3.63, 3.8) is 0 Å². The number of benzene rings is 1. The molecule has 1 atom stereocenters. The number of rotatable bonds is 6. The lowest BCUT2D eigenvalue weighted by molar-refractivity contribution is 0.600. The number of aryl methyl sites for hydroxylation is 1. The van der Waals surface area contributed by atoms with Gasteiger partial charge in [-0.05, 0) is 37.5 Å². The molecular formula is C18H23ClN4O2S. The predicted octanol–water partition coefficient (Wildman–Crippen LogP) is 2.72. The number of aromatic nitrogens is 2. The van der Waals surface area contributed by atoms with Crippen LogP contribution in [0.4, 0.5) is 11.6 Å². The summed E-state index contributed by atoms with van der Waals surface area (Å²) in [4.78, 5) is 10.8. The van der Waals surface area contributed by atoms with Gasteiger partial charge in [-0.15, -0.1) is 0 Å². The van der Waals surface area contributed by atoms with Crippen molar-refractivity contribution in [3.8, 4) is 0 Å². The van der Waals surface area contributed by atoms with Crippen molar-refractivity contribution in [3.05, 3.63) is 46.7 Å². The van der Waals surface area contributed by atoms with Crippen LogP contribution in [-0.2, 0) is 16.3 Å². The zero-order valence-electron chi connectivity index (χ0n) is 14.9. The molecule has 0 radical (unpaired) electrons. The van der Waals surface area contributed by atoms with Crippen LogP contribution in [0.25, 0.3) is 0 Å². The van der Waals surface area contributed by atoms with E-state index < -0.39 is 9.84 Å². The Morgan fingerprint density at radius 1 is 1.31 bits per heavy atom. The first-order valence-corrected chi connectivity index (χ1v) is 10.8. The van der Waals surface area contributed by atoms with Gasteiger partial charge in [-0.25, -0.2) is 18.4 Å². The second kappa shape index (κ2) is 7.80. The molecule has 3 rings (SSSR count). The van der Waals surface area contributed by atoms with E-state index in [1.807, 2.05) is 49.2 Å². The van der Waals surface area contributed by atoms with Gasteiger partial charge in [0.1, 0.15) is 17.5 Å². The third-order valence-corrected chi connectivity index (χ3v) is 6.54. The smallest absolute Gasteiger partial charge is 0.152 e. The largest absolute Gasteiger partial charge is 0.370 e. The molecule has 6 nitrogen and oxygen atoms in total. The number of anilines is 2. The van der Waals surface area contributed by atoms with Gasteiger partial charge >= 0.3 is 0 Å². The van der Waals surface area contributed by atoms with Gasteiger partial charge in [0.25, 0.3) is 0 Å². The van der Waals surface area contributed by atoms with Crippen LogP contribution in [0.15, 0.2) is 30.3 Å². The Hall–Kier alpha value is -1.86. The highest BCUT2D eigenvalue weighted by Gasteiger charge is 2.31. The first-order valence-electron chi connectivity index (χ1n) is 8.60. The van der Waals surface area contributed by atoms with Crippen LogP contribution in [0.3, 0.4) is 0 Å². The van der Waals surface area contributed by atoms with Crippen molar-refractivity contribution in [2.75, 3.05) is 35.3 Å². The van der Waals surface area contributed by atoms with Crippen molar-refractivity contribution < 1.29 is 8.42 Å². The number of hydrogen-bond acceptors (Lipinski definition) is 6. The standard InChI is InChI=1S/C18H23ClN4O2S/c1-13-21-17(20-8-6-14-4-3-5-15(19)10-14)11-18(22-13)23(2)16-7-9-26(24,25)12-16/h3-5,10-11,16H,6-9,12H2,1-2H3,(H,20,21,22). The Morgan fingerprint density at radius 3 is 2.81 bits per heavy atom. The van der Waals surface area contributed by atoms with Gasteiger partial charge in [0.05, 0.1) is 11.5 Å². The van der Waals surface area contributed by atoms with Crippen LogP contribution < -0.4 is 10.2 Å². The van der Waals surface area contributed by atoms with Gasteiger partial charge in [0, 0.05) is 30.7 Å². The molecule has 8 heteroatoms. The summed E-state index contributed by atoms with van der Waals surface area (Å²) in [5, 5.41) is 4.05. The number of hydrogen-bond donors (Lipinski definition) is 1. The van der Waals surface area contributed by atoms with E-state index in [2.05, 4.69) is 15.3 Å². The molecule has 1 aliphatic rings. The van der Waals surface area contributed by atoms with Gasteiger partial charge in [-0.1, -0.05) is 23.7 Å². The molecule has 1 unspecified atom stereocenters. The average Bonchev–Trinajstić information content (AvgIpc) is 2.94. The maximum Gasteiger partial charge on any atom is 0.152 e. The Morgan fingerprint density at radius 2 is 2.12 bits per heavy atom. The summed E-state index contributed by atoms with van der Waals surface area (Å²) in [5.74, 6) is 2.56. The zero-order valence-corrected chi connectivity index (χ0v) is 16.5. The highest BCUT2D eigenvalue weighted by molar-refractivity contribution is 7.91. The zero-order chi connectivity index (χ0) is 18.7. The van der Waals surface area contributed by atoms with Crippen molar-refractivity contribution >= 4 is 33.1 Å². The third kappa shape index (κ3) is 4.86. The SMILES string of the molecule is Cc1nc(NCCc2cccc(Cl)c2)cc(N(C)C2CCS(=O)(=O)C2)n1. The van der Waals surface area contributed by atoms with Crippen LogP contribution in [0.2, 0.25) is 5.02 Å². The third-order valence-electron chi connectivity index (χ3n) is 4.55. The summed E-state index contributed by atoms with van der Waals surface area (Å²) >= 11 is 6.01. The number of nitrogens with zero attached hydrogens (tertiary/aromatic N) is 3. The van der Waals surface area contributed by atoms with Crippen molar-refractivity contribution in [2.24, 2.45) is 0 Å². The minimum Gasteiger partial charge on any atom is -0.370 e. The van der Waals surface area contributed by atoms with E-state index in [4.69, 9.17) is 11.6 Å². The fourth-order valence-electron chi connectivity index (χ4n) is 3.12. The number of sulfone groups is 1. The van der Waals surface area contributed by atoms with Gasteiger partial charge in [-0.3, -0.25) is 0 Å². The van der Waals surface area contributed by atoms with Crippen LogP contribution in [-0.4, -0.2) is 49.5 Å². The van der Waals surface area contributed by atoms with Crippen molar-refractivity contribution in [1.82, 2.24) is 9.97 Å². The second-order valence-electron chi connectivity index (χ2n) is 6.63. The summed E-state index contributed by atoms with van der Waals surface area (Å²) in [6.45, 7) is 2.56. The summed E-state index contributed by atoms with van der Waals surface area (Å²) in [5.41, 5.74) is 1.16. The van der Waals surface area contributed by atoms with Gasteiger partial charge in [-0.2, -0.15) is 0 Å². The Labute approximate surface area is 159 Å². The molecule has 0 spiro atoms. The first-order chi connectivity index (χ1) is 12.3. The van der Waals surface area contributed by atoms with E-state index in [-0.39, 0.29) is 17.5 Å². The fraction of sp³-hybridized carbons (Fsp3) is 0.444. The quantitative estimate of drug-likeness (QED) is 0.811. The lowest BCUT2D eigenvalue weighted by atomic mass is 10.1. The van der Waals surface area contributed by atoms with Crippen molar-refractivity contribution in [1.29, 1.82) is 0 Å². The topological polar surface area (TPSA) is 75.2 Å². The lowest BCUT2D eigenvalue weighted by Gasteiger charge is -2.25. The lowest BCUT2D eigenvalue weighted by Crippen LogP contribution is -2.33. The normalized spacial score (nSPS) is 18.7. The van der Waals surface area contributed by atoms with Crippen LogP contribution in [0.5, 0.6) is 0 Å². The van der Waals surface area contributed by atoms with E-state index in [1.165, 1.54) is 0 Å². The maximum atomic E-state index is 11.7. The Kier molecular flexibility index (Phi) is 5.67. The molecule has 0 saturated carbocycles. The Bertz CT molecular complexity index is 889. The molecule has 1 saturated heterocycles. The minimum atomic E-state index is -2.93. The average molecular weight is 395 g/mol.